The molecule has 0 aliphatic heterocycles. The zero-order chi connectivity index (χ0) is 17.5. The third kappa shape index (κ3) is 5.28. The molecule has 0 bridgehead atoms. The Kier molecular flexibility index (Phi) is 6.21. The highest BCUT2D eigenvalue weighted by Crippen LogP contribution is 2.16. The summed E-state index contributed by atoms with van der Waals surface area (Å²) in [4.78, 5) is 25.7. The van der Waals surface area contributed by atoms with E-state index in [1.807, 2.05) is 49.3 Å². The molecule has 2 aromatic carbocycles. The van der Waals surface area contributed by atoms with Crippen molar-refractivity contribution in [2.24, 2.45) is 0 Å². The first-order valence-electron chi connectivity index (χ1n) is 7.53. The molecule has 0 aliphatic rings. The third-order valence-electron chi connectivity index (χ3n) is 3.42. The number of halogens is 1. The quantitative estimate of drug-likeness (QED) is 0.791. The first-order valence-corrected chi connectivity index (χ1v) is 7.91. The number of hydrogen-bond acceptors (Lipinski definition) is 3. The van der Waals surface area contributed by atoms with Crippen LogP contribution in [0.3, 0.4) is 0 Å². The van der Waals surface area contributed by atoms with Gasteiger partial charge in [0.05, 0.1) is 0 Å². The summed E-state index contributed by atoms with van der Waals surface area (Å²) in [6, 6.07) is 14.6. The van der Waals surface area contributed by atoms with Gasteiger partial charge in [-0.2, -0.15) is 0 Å². The van der Waals surface area contributed by atoms with Crippen molar-refractivity contribution in [3.63, 3.8) is 0 Å². The molecule has 0 fully saturated rings. The van der Waals surface area contributed by atoms with E-state index < -0.39 is 0 Å². The molecule has 0 unspecified atom stereocenters. The van der Waals surface area contributed by atoms with E-state index in [1.165, 1.54) is 0 Å². The van der Waals surface area contributed by atoms with Crippen molar-refractivity contribution in [2.45, 2.75) is 13.0 Å². The Morgan fingerprint density at radius 2 is 1.67 bits per heavy atom. The van der Waals surface area contributed by atoms with Gasteiger partial charge >= 0.3 is 0 Å². The number of amides is 2. The third-order valence-corrected chi connectivity index (χ3v) is 3.79. The molecular formula is C18H20ClN3O2. The topological polar surface area (TPSA) is 61.4 Å². The Morgan fingerprint density at radius 1 is 1.00 bits per heavy atom. The van der Waals surface area contributed by atoms with Crippen LogP contribution in [-0.2, 0) is 16.1 Å². The van der Waals surface area contributed by atoms with Crippen LogP contribution in [0.1, 0.15) is 12.0 Å². The van der Waals surface area contributed by atoms with Gasteiger partial charge < -0.3 is 15.5 Å². The fourth-order valence-electron chi connectivity index (χ4n) is 2.09. The molecule has 2 amide bonds. The summed E-state index contributed by atoms with van der Waals surface area (Å²) in [5, 5.41) is 5.98. The lowest BCUT2D eigenvalue weighted by Crippen LogP contribution is -2.27. The SMILES string of the molecule is CN(C)c1ccc(NC(=O)CC(=O)NCc2ccccc2Cl)cc1. The molecule has 2 rings (SSSR count). The molecule has 2 aromatic rings. The summed E-state index contributed by atoms with van der Waals surface area (Å²) < 4.78 is 0. The Hall–Kier alpha value is -2.53. The van der Waals surface area contributed by atoms with Crippen LogP contribution < -0.4 is 15.5 Å². The van der Waals surface area contributed by atoms with Gasteiger partial charge in [0.15, 0.2) is 0 Å². The summed E-state index contributed by atoms with van der Waals surface area (Å²) in [5.74, 6) is -0.707. The summed E-state index contributed by atoms with van der Waals surface area (Å²) in [7, 11) is 3.88. The Bertz CT molecular complexity index is 714. The minimum absolute atomic E-state index is 0.236. The maximum absolute atomic E-state index is 11.9. The highest BCUT2D eigenvalue weighted by molar-refractivity contribution is 6.31. The molecule has 0 aliphatic carbocycles. The lowest BCUT2D eigenvalue weighted by atomic mass is 10.2. The fraction of sp³-hybridized carbons (Fsp3) is 0.222. The van der Waals surface area contributed by atoms with Gasteiger partial charge in [-0.3, -0.25) is 9.59 Å². The van der Waals surface area contributed by atoms with E-state index in [9.17, 15) is 9.59 Å². The molecule has 5 nitrogen and oxygen atoms in total. The molecule has 0 atom stereocenters. The number of carbonyl (C=O) groups is 2. The number of nitrogens with one attached hydrogen (secondary N) is 2. The normalized spacial score (nSPS) is 10.1. The second kappa shape index (κ2) is 8.36. The van der Waals surface area contributed by atoms with Crippen molar-refractivity contribution in [2.75, 3.05) is 24.3 Å². The first kappa shape index (κ1) is 17.8. The summed E-state index contributed by atoms with van der Waals surface area (Å²) in [5.41, 5.74) is 2.50. The summed E-state index contributed by atoms with van der Waals surface area (Å²) in [6.45, 7) is 0.295. The Labute approximate surface area is 146 Å². The predicted molar refractivity (Wildman–Crippen MR) is 97.3 cm³/mol. The summed E-state index contributed by atoms with van der Waals surface area (Å²) >= 11 is 6.02. The van der Waals surface area contributed by atoms with E-state index in [2.05, 4.69) is 10.6 Å². The van der Waals surface area contributed by atoms with Crippen molar-refractivity contribution in [1.82, 2.24) is 5.32 Å². The van der Waals surface area contributed by atoms with Crippen LogP contribution in [0.5, 0.6) is 0 Å². The van der Waals surface area contributed by atoms with E-state index in [0.29, 0.717) is 17.3 Å². The smallest absolute Gasteiger partial charge is 0.233 e. The Balaban J connectivity index is 1.81. The highest BCUT2D eigenvalue weighted by Gasteiger charge is 2.10. The monoisotopic (exact) mass is 345 g/mol. The molecule has 0 aromatic heterocycles. The molecule has 2 N–H and O–H groups in total. The van der Waals surface area contributed by atoms with Crippen LogP contribution >= 0.6 is 11.6 Å². The summed E-state index contributed by atoms with van der Waals surface area (Å²) in [6.07, 6.45) is -0.236. The van der Waals surface area contributed by atoms with Crippen LogP contribution in [0.25, 0.3) is 0 Å². The molecule has 0 radical (unpaired) electrons. The van der Waals surface area contributed by atoms with Gasteiger partial charge in [-0.25, -0.2) is 0 Å². The second-order valence-electron chi connectivity index (χ2n) is 5.53. The molecule has 126 valence electrons. The van der Waals surface area contributed by atoms with Gasteiger partial charge in [0.2, 0.25) is 11.8 Å². The maximum atomic E-state index is 11.9. The van der Waals surface area contributed by atoms with Crippen LogP contribution in [0.15, 0.2) is 48.5 Å². The van der Waals surface area contributed by atoms with Crippen molar-refractivity contribution >= 4 is 34.8 Å². The van der Waals surface area contributed by atoms with Gasteiger partial charge in [-0.15, -0.1) is 0 Å². The van der Waals surface area contributed by atoms with Crippen LogP contribution in [-0.4, -0.2) is 25.9 Å². The van der Waals surface area contributed by atoms with E-state index in [1.54, 1.807) is 18.2 Å². The second-order valence-corrected chi connectivity index (χ2v) is 5.94. The van der Waals surface area contributed by atoms with E-state index >= 15 is 0 Å². The fourth-order valence-corrected chi connectivity index (χ4v) is 2.29. The molecule has 0 saturated carbocycles. The van der Waals surface area contributed by atoms with E-state index in [4.69, 9.17) is 11.6 Å². The molecular weight excluding hydrogens is 326 g/mol. The van der Waals surface area contributed by atoms with Crippen molar-refractivity contribution < 1.29 is 9.59 Å². The van der Waals surface area contributed by atoms with Crippen molar-refractivity contribution in [3.05, 3.63) is 59.1 Å². The first-order chi connectivity index (χ1) is 11.5. The maximum Gasteiger partial charge on any atom is 0.233 e. The molecule has 6 heteroatoms. The number of benzene rings is 2. The number of hydrogen-bond donors (Lipinski definition) is 2. The number of anilines is 2. The minimum atomic E-state index is -0.357. The van der Waals surface area contributed by atoms with E-state index in [-0.39, 0.29) is 18.2 Å². The average molecular weight is 346 g/mol. The van der Waals surface area contributed by atoms with Crippen LogP contribution in [0.4, 0.5) is 11.4 Å². The standard InChI is InChI=1S/C18H20ClN3O2/c1-22(2)15-9-7-14(8-10-15)21-18(24)11-17(23)20-12-13-5-3-4-6-16(13)19/h3-10H,11-12H2,1-2H3,(H,20,23)(H,21,24). The predicted octanol–water partition coefficient (Wildman–Crippen LogP) is 3.05. The lowest BCUT2D eigenvalue weighted by Gasteiger charge is -2.13. The van der Waals surface area contributed by atoms with Gasteiger partial charge in [0.25, 0.3) is 0 Å². The van der Waals surface area contributed by atoms with Crippen molar-refractivity contribution in [3.8, 4) is 0 Å². The lowest BCUT2D eigenvalue weighted by molar-refractivity contribution is -0.126. The van der Waals surface area contributed by atoms with Gasteiger partial charge in [-0.1, -0.05) is 29.8 Å². The molecule has 0 spiro atoms. The molecule has 0 saturated heterocycles. The molecule has 24 heavy (non-hydrogen) atoms. The van der Waals surface area contributed by atoms with Gasteiger partial charge in [0, 0.05) is 37.0 Å². The van der Waals surface area contributed by atoms with Crippen LogP contribution in [0, 0.1) is 0 Å². The highest BCUT2D eigenvalue weighted by atomic mass is 35.5. The van der Waals surface area contributed by atoms with Gasteiger partial charge in [0.1, 0.15) is 6.42 Å². The Morgan fingerprint density at radius 3 is 2.29 bits per heavy atom. The minimum Gasteiger partial charge on any atom is -0.378 e. The number of rotatable bonds is 6. The van der Waals surface area contributed by atoms with Gasteiger partial charge in [-0.05, 0) is 35.9 Å². The average Bonchev–Trinajstić information content (AvgIpc) is 2.54. The number of carbonyl (C=O) groups excluding carboxylic acids is 2. The van der Waals surface area contributed by atoms with E-state index in [0.717, 1.165) is 11.3 Å². The molecule has 0 heterocycles. The van der Waals surface area contributed by atoms with Crippen LogP contribution in [0.2, 0.25) is 5.02 Å². The zero-order valence-corrected chi connectivity index (χ0v) is 14.4. The number of nitrogens with zero attached hydrogens (tertiary/aromatic N) is 1. The zero-order valence-electron chi connectivity index (χ0n) is 13.7. The largest absolute Gasteiger partial charge is 0.378 e. The van der Waals surface area contributed by atoms with Crippen molar-refractivity contribution in [1.29, 1.82) is 0 Å².